The van der Waals surface area contributed by atoms with E-state index in [1.807, 2.05) is 12.1 Å². The Hall–Kier alpha value is -0.0400. The number of carbonyl (C=O) groups is 1. The number of carboxylic acids is 1. The minimum atomic E-state index is -0.754. The van der Waals surface area contributed by atoms with Crippen LogP contribution in [0.2, 0.25) is 0 Å². The molecular weight excluding hydrogens is 298 g/mol. The summed E-state index contributed by atoms with van der Waals surface area (Å²) in [5, 5.41) is 12.2. The van der Waals surface area contributed by atoms with Crippen molar-refractivity contribution in [2.24, 2.45) is 0 Å². The number of hydrogen-bond acceptors (Lipinski definition) is 4. The van der Waals surface area contributed by atoms with E-state index >= 15 is 0 Å². The Morgan fingerprint density at radius 2 is 2.40 bits per heavy atom. The van der Waals surface area contributed by atoms with Gasteiger partial charge in [-0.25, -0.2) is 0 Å². The summed E-state index contributed by atoms with van der Waals surface area (Å²) in [5.41, 5.74) is 0. The molecular formula is C9H10BrNO2S2. The Morgan fingerprint density at radius 1 is 1.60 bits per heavy atom. The molecule has 2 heterocycles. The summed E-state index contributed by atoms with van der Waals surface area (Å²) in [7, 11) is 0. The summed E-state index contributed by atoms with van der Waals surface area (Å²) < 4.78 is 1.08. The maximum Gasteiger partial charge on any atom is 0.320 e. The summed E-state index contributed by atoms with van der Waals surface area (Å²) in [4.78, 5) is 12.0. The molecule has 15 heavy (non-hydrogen) atoms. The Kier molecular flexibility index (Phi) is 3.71. The van der Waals surface area contributed by atoms with Crippen molar-refractivity contribution in [2.45, 2.75) is 17.8 Å². The first-order valence-corrected chi connectivity index (χ1v) is 7.18. The fourth-order valence-electron chi connectivity index (χ4n) is 1.45. The Labute approximate surface area is 104 Å². The molecule has 1 fully saturated rings. The van der Waals surface area contributed by atoms with Gasteiger partial charge >= 0.3 is 5.97 Å². The molecule has 0 aromatic carbocycles. The second-order valence-corrected chi connectivity index (χ2v) is 6.95. The molecule has 0 amide bonds. The van der Waals surface area contributed by atoms with E-state index in [0.29, 0.717) is 6.42 Å². The fourth-order valence-corrected chi connectivity index (χ4v) is 4.27. The van der Waals surface area contributed by atoms with Crippen LogP contribution in [0.1, 0.15) is 16.7 Å². The van der Waals surface area contributed by atoms with E-state index in [1.54, 1.807) is 23.1 Å². The first kappa shape index (κ1) is 11.4. The van der Waals surface area contributed by atoms with Gasteiger partial charge in [0, 0.05) is 4.88 Å². The van der Waals surface area contributed by atoms with E-state index in [0.717, 1.165) is 9.54 Å². The van der Waals surface area contributed by atoms with Crippen LogP contribution < -0.4 is 5.32 Å². The summed E-state index contributed by atoms with van der Waals surface area (Å²) >= 11 is 6.82. The van der Waals surface area contributed by atoms with Gasteiger partial charge in [0.15, 0.2) is 0 Å². The minimum Gasteiger partial charge on any atom is -0.480 e. The molecule has 3 nitrogen and oxygen atoms in total. The quantitative estimate of drug-likeness (QED) is 0.882. The second kappa shape index (κ2) is 4.86. The number of hydrogen-bond donors (Lipinski definition) is 2. The average molecular weight is 308 g/mol. The lowest BCUT2D eigenvalue weighted by atomic mass is 10.2. The summed E-state index contributed by atoms with van der Waals surface area (Å²) in [6.45, 7) is 0. The number of carboxylic acid groups (broad SMARTS) is 1. The summed E-state index contributed by atoms with van der Waals surface area (Å²) in [5.74, 6) is 0.139. The lowest BCUT2D eigenvalue weighted by molar-refractivity contribution is -0.139. The number of rotatable bonds is 2. The zero-order chi connectivity index (χ0) is 10.8. The van der Waals surface area contributed by atoms with Crippen LogP contribution in [-0.2, 0) is 4.79 Å². The molecule has 2 atom stereocenters. The van der Waals surface area contributed by atoms with E-state index < -0.39 is 12.0 Å². The average Bonchev–Trinajstić information content (AvgIpc) is 2.65. The van der Waals surface area contributed by atoms with Crippen LogP contribution in [-0.4, -0.2) is 22.9 Å². The van der Waals surface area contributed by atoms with E-state index in [-0.39, 0.29) is 5.37 Å². The Bertz CT molecular complexity index is 369. The molecule has 0 saturated carbocycles. The normalized spacial score (nSPS) is 26.5. The van der Waals surface area contributed by atoms with Crippen LogP contribution in [0.25, 0.3) is 0 Å². The van der Waals surface area contributed by atoms with Gasteiger partial charge < -0.3 is 5.11 Å². The third kappa shape index (κ3) is 2.75. The van der Waals surface area contributed by atoms with Gasteiger partial charge in [0.1, 0.15) is 6.04 Å². The van der Waals surface area contributed by atoms with Crippen molar-refractivity contribution in [2.75, 3.05) is 5.75 Å². The highest BCUT2D eigenvalue weighted by Crippen LogP contribution is 2.36. The molecule has 0 radical (unpaired) electrons. The SMILES string of the molecule is O=C(O)C1CCSC(c2ccc(Br)s2)N1. The smallest absolute Gasteiger partial charge is 0.320 e. The molecule has 0 bridgehead atoms. The fraction of sp³-hybridized carbons (Fsp3) is 0.444. The van der Waals surface area contributed by atoms with Crippen LogP contribution in [0.4, 0.5) is 0 Å². The first-order valence-electron chi connectivity index (χ1n) is 4.52. The highest BCUT2D eigenvalue weighted by Gasteiger charge is 2.27. The van der Waals surface area contributed by atoms with Crippen LogP contribution >= 0.6 is 39.0 Å². The molecule has 2 unspecified atom stereocenters. The molecule has 1 aromatic heterocycles. The zero-order valence-electron chi connectivity index (χ0n) is 7.77. The minimum absolute atomic E-state index is 0.121. The van der Waals surface area contributed by atoms with Gasteiger partial charge in [-0.3, -0.25) is 10.1 Å². The van der Waals surface area contributed by atoms with Crippen molar-refractivity contribution in [1.29, 1.82) is 0 Å². The van der Waals surface area contributed by atoms with Gasteiger partial charge in [-0.15, -0.1) is 23.1 Å². The number of nitrogens with one attached hydrogen (secondary N) is 1. The Morgan fingerprint density at radius 3 is 3.00 bits per heavy atom. The van der Waals surface area contributed by atoms with E-state index in [9.17, 15) is 4.79 Å². The van der Waals surface area contributed by atoms with Crippen LogP contribution in [0, 0.1) is 0 Å². The first-order chi connectivity index (χ1) is 7.16. The van der Waals surface area contributed by atoms with Gasteiger partial charge in [0.25, 0.3) is 0 Å². The number of thioether (sulfide) groups is 1. The van der Waals surface area contributed by atoms with Crippen molar-refractivity contribution < 1.29 is 9.90 Å². The highest BCUT2D eigenvalue weighted by atomic mass is 79.9. The van der Waals surface area contributed by atoms with Crippen molar-refractivity contribution in [3.8, 4) is 0 Å². The number of halogens is 1. The summed E-state index contributed by atoms with van der Waals surface area (Å²) in [6.07, 6.45) is 0.697. The Balaban J connectivity index is 2.07. The second-order valence-electron chi connectivity index (χ2n) is 3.24. The van der Waals surface area contributed by atoms with Crippen LogP contribution in [0.5, 0.6) is 0 Å². The third-order valence-electron chi connectivity index (χ3n) is 2.19. The monoisotopic (exact) mass is 307 g/mol. The maximum atomic E-state index is 10.9. The topological polar surface area (TPSA) is 49.3 Å². The molecule has 0 aliphatic carbocycles. The summed E-state index contributed by atoms with van der Waals surface area (Å²) in [6, 6.07) is 3.62. The van der Waals surface area contributed by atoms with Gasteiger partial charge in [-0.1, -0.05) is 0 Å². The number of thiophene rings is 1. The molecule has 2 N–H and O–H groups in total. The molecule has 1 saturated heterocycles. The molecule has 1 aliphatic heterocycles. The van der Waals surface area contributed by atoms with E-state index in [4.69, 9.17) is 5.11 Å². The predicted octanol–water partition coefficient (Wildman–Crippen LogP) is 2.69. The molecule has 2 rings (SSSR count). The van der Waals surface area contributed by atoms with Crippen molar-refractivity contribution >= 4 is 45.0 Å². The lowest BCUT2D eigenvalue weighted by Gasteiger charge is -2.27. The van der Waals surface area contributed by atoms with Crippen molar-refractivity contribution in [1.82, 2.24) is 5.32 Å². The van der Waals surface area contributed by atoms with E-state index in [1.165, 1.54) is 4.88 Å². The molecule has 1 aliphatic rings. The van der Waals surface area contributed by atoms with Crippen molar-refractivity contribution in [3.63, 3.8) is 0 Å². The molecule has 82 valence electrons. The molecule has 6 heteroatoms. The zero-order valence-corrected chi connectivity index (χ0v) is 11.0. The van der Waals surface area contributed by atoms with Gasteiger partial charge in [-0.2, -0.15) is 0 Å². The lowest BCUT2D eigenvalue weighted by Crippen LogP contribution is -2.41. The largest absolute Gasteiger partial charge is 0.480 e. The molecule has 1 aromatic rings. The van der Waals surface area contributed by atoms with Crippen LogP contribution in [0.3, 0.4) is 0 Å². The number of aliphatic carboxylic acids is 1. The van der Waals surface area contributed by atoms with Gasteiger partial charge in [0.2, 0.25) is 0 Å². The predicted molar refractivity (Wildman–Crippen MR) is 66.4 cm³/mol. The van der Waals surface area contributed by atoms with Crippen LogP contribution in [0.15, 0.2) is 15.9 Å². The van der Waals surface area contributed by atoms with Gasteiger partial charge in [0.05, 0.1) is 9.16 Å². The standard InChI is InChI=1S/C9H10BrNO2S2/c10-7-2-1-6(15-7)8-11-5(9(12)13)3-4-14-8/h1-2,5,8,11H,3-4H2,(H,12,13). The van der Waals surface area contributed by atoms with E-state index in [2.05, 4.69) is 21.2 Å². The molecule has 0 spiro atoms. The highest BCUT2D eigenvalue weighted by molar-refractivity contribution is 9.11. The maximum absolute atomic E-state index is 10.9. The van der Waals surface area contributed by atoms with Gasteiger partial charge in [-0.05, 0) is 40.2 Å². The third-order valence-corrected chi connectivity index (χ3v) is 5.23. The van der Waals surface area contributed by atoms with Crippen molar-refractivity contribution in [3.05, 3.63) is 20.8 Å².